The summed E-state index contributed by atoms with van der Waals surface area (Å²) in [4.78, 5) is 0. The molecule has 0 fully saturated rings. The van der Waals surface area contributed by atoms with Gasteiger partial charge in [0.05, 0.1) is 12.9 Å². The van der Waals surface area contributed by atoms with Gasteiger partial charge in [-0.15, -0.1) is 0 Å². The minimum atomic E-state index is -3.38. The Bertz CT molecular complexity index is 822. The zero-order valence-corrected chi connectivity index (χ0v) is 20.7. The van der Waals surface area contributed by atoms with Gasteiger partial charge in [0.2, 0.25) is 0 Å². The summed E-state index contributed by atoms with van der Waals surface area (Å²) in [6.07, 6.45) is 3.66. The number of hydrogen-bond donors (Lipinski definition) is 0. The van der Waals surface area contributed by atoms with E-state index in [9.17, 15) is 8.42 Å². The Labute approximate surface area is 183 Å². The van der Waals surface area contributed by atoms with Crippen LogP contribution in [0.5, 0.6) is 0 Å². The second kappa shape index (κ2) is 10.7. The van der Waals surface area contributed by atoms with Crippen molar-refractivity contribution in [2.24, 2.45) is 5.92 Å². The van der Waals surface area contributed by atoms with Crippen LogP contribution in [0.15, 0.2) is 60.7 Å². The van der Waals surface area contributed by atoms with Crippen LogP contribution in [0.25, 0.3) is 0 Å². The minimum Gasteiger partial charge on any atom is -0.407 e. The average molecular weight is 449 g/mol. The molecule has 2 aromatic rings. The van der Waals surface area contributed by atoms with Gasteiger partial charge in [0.1, 0.15) is 0 Å². The third kappa shape index (κ3) is 6.51. The van der Waals surface area contributed by atoms with Crippen molar-refractivity contribution in [1.82, 2.24) is 0 Å². The molecule has 0 amide bonds. The SMILES string of the molecule is CC[C@H](CCCOS(C)(=O)=O)CO[Si](c1ccccc1)(c1ccccc1)C(C)(C)C. The van der Waals surface area contributed by atoms with Gasteiger partial charge in [-0.1, -0.05) is 94.8 Å². The molecule has 30 heavy (non-hydrogen) atoms. The maximum absolute atomic E-state index is 11.2. The van der Waals surface area contributed by atoms with Crippen LogP contribution in [0.4, 0.5) is 0 Å². The van der Waals surface area contributed by atoms with Crippen molar-refractivity contribution in [2.75, 3.05) is 19.5 Å². The summed E-state index contributed by atoms with van der Waals surface area (Å²) >= 11 is 0. The van der Waals surface area contributed by atoms with Crippen molar-refractivity contribution in [1.29, 1.82) is 0 Å². The Morgan fingerprint density at radius 3 is 1.83 bits per heavy atom. The van der Waals surface area contributed by atoms with Gasteiger partial charge in [0.15, 0.2) is 0 Å². The molecule has 0 heterocycles. The fourth-order valence-electron chi connectivity index (χ4n) is 3.99. The molecule has 166 valence electrons. The van der Waals surface area contributed by atoms with Crippen molar-refractivity contribution in [3.8, 4) is 0 Å². The van der Waals surface area contributed by atoms with Gasteiger partial charge in [-0.2, -0.15) is 8.42 Å². The number of hydrogen-bond acceptors (Lipinski definition) is 4. The Hall–Kier alpha value is -1.47. The lowest BCUT2D eigenvalue weighted by Crippen LogP contribution is -2.66. The van der Waals surface area contributed by atoms with E-state index in [0.717, 1.165) is 19.1 Å². The molecule has 2 aromatic carbocycles. The van der Waals surface area contributed by atoms with Crippen LogP contribution in [0, 0.1) is 5.92 Å². The van der Waals surface area contributed by atoms with E-state index in [2.05, 4.69) is 76.2 Å². The van der Waals surface area contributed by atoms with Crippen LogP contribution >= 0.6 is 0 Å². The van der Waals surface area contributed by atoms with Crippen molar-refractivity contribution in [2.45, 2.75) is 52.0 Å². The number of rotatable bonds is 11. The molecular weight excluding hydrogens is 412 g/mol. The smallest absolute Gasteiger partial charge is 0.264 e. The van der Waals surface area contributed by atoms with Crippen LogP contribution in [0.1, 0.15) is 47.0 Å². The van der Waals surface area contributed by atoms with E-state index in [-0.39, 0.29) is 11.6 Å². The predicted octanol–water partition coefficient (Wildman–Crippen LogP) is 4.35. The van der Waals surface area contributed by atoms with E-state index in [0.29, 0.717) is 18.9 Å². The van der Waals surface area contributed by atoms with Gasteiger partial charge in [-0.3, -0.25) is 4.18 Å². The first kappa shape index (κ1) is 24.8. The summed E-state index contributed by atoms with van der Waals surface area (Å²) in [5.41, 5.74) is 0. The van der Waals surface area contributed by atoms with E-state index in [1.54, 1.807) is 0 Å². The molecule has 0 spiro atoms. The van der Waals surface area contributed by atoms with Gasteiger partial charge >= 0.3 is 0 Å². The third-order valence-corrected chi connectivity index (χ3v) is 11.2. The molecule has 1 atom stereocenters. The maximum Gasteiger partial charge on any atom is 0.264 e. The highest BCUT2D eigenvalue weighted by Gasteiger charge is 2.50. The molecule has 0 aromatic heterocycles. The minimum absolute atomic E-state index is 0.0482. The molecule has 0 unspecified atom stereocenters. The van der Waals surface area contributed by atoms with E-state index in [1.807, 2.05) is 12.1 Å². The van der Waals surface area contributed by atoms with Crippen molar-refractivity contribution >= 4 is 28.8 Å². The monoisotopic (exact) mass is 448 g/mol. The second-order valence-corrected chi connectivity index (χ2v) is 14.9. The third-order valence-electron chi connectivity index (χ3n) is 5.58. The molecule has 0 bridgehead atoms. The van der Waals surface area contributed by atoms with Gasteiger partial charge < -0.3 is 4.43 Å². The lowest BCUT2D eigenvalue weighted by molar-refractivity contribution is 0.211. The molecule has 0 aliphatic rings. The Kier molecular flexibility index (Phi) is 8.85. The normalized spacial score (nSPS) is 13.9. The largest absolute Gasteiger partial charge is 0.407 e. The van der Waals surface area contributed by atoms with Crippen LogP contribution in [0.3, 0.4) is 0 Å². The van der Waals surface area contributed by atoms with E-state index >= 15 is 0 Å². The van der Waals surface area contributed by atoms with Crippen LogP contribution in [-0.2, 0) is 18.7 Å². The molecule has 0 aliphatic heterocycles. The average Bonchev–Trinajstić information content (AvgIpc) is 2.69. The first-order valence-corrected chi connectivity index (χ1v) is 14.4. The van der Waals surface area contributed by atoms with Crippen molar-refractivity contribution in [3.05, 3.63) is 60.7 Å². The van der Waals surface area contributed by atoms with Gasteiger partial charge in [0, 0.05) is 6.61 Å². The summed E-state index contributed by atoms with van der Waals surface area (Å²) in [6.45, 7) is 9.88. The molecule has 2 rings (SSSR count). The molecule has 0 saturated carbocycles. The highest BCUT2D eigenvalue weighted by Crippen LogP contribution is 2.37. The summed E-state index contributed by atoms with van der Waals surface area (Å²) < 4.78 is 34.3. The molecule has 0 radical (unpaired) electrons. The number of benzene rings is 2. The molecule has 0 saturated heterocycles. The summed E-state index contributed by atoms with van der Waals surface area (Å²) in [6, 6.07) is 21.3. The first-order chi connectivity index (χ1) is 14.1. The van der Waals surface area contributed by atoms with Crippen molar-refractivity contribution < 1.29 is 17.0 Å². The molecule has 6 heteroatoms. The van der Waals surface area contributed by atoms with Crippen LogP contribution in [-0.4, -0.2) is 36.2 Å². The zero-order chi connectivity index (χ0) is 22.3. The van der Waals surface area contributed by atoms with Crippen LogP contribution in [0.2, 0.25) is 5.04 Å². The lowest BCUT2D eigenvalue weighted by atomic mass is 10.0. The molecular formula is C24H36O4SSi. The molecule has 4 nitrogen and oxygen atoms in total. The summed E-state index contributed by atoms with van der Waals surface area (Å²) in [5.74, 6) is 0.356. The zero-order valence-electron chi connectivity index (χ0n) is 18.9. The Morgan fingerprint density at radius 2 is 1.43 bits per heavy atom. The quantitative estimate of drug-likeness (QED) is 0.291. The van der Waals surface area contributed by atoms with Gasteiger partial charge in [-0.05, 0) is 34.2 Å². The second-order valence-electron chi connectivity index (χ2n) is 8.92. The molecule has 0 aliphatic carbocycles. The fraction of sp³-hybridized carbons (Fsp3) is 0.500. The highest BCUT2D eigenvalue weighted by molar-refractivity contribution is 7.85. The van der Waals surface area contributed by atoms with Crippen LogP contribution < -0.4 is 10.4 Å². The highest BCUT2D eigenvalue weighted by atomic mass is 32.2. The maximum atomic E-state index is 11.2. The van der Waals surface area contributed by atoms with Gasteiger partial charge in [-0.25, -0.2) is 0 Å². The van der Waals surface area contributed by atoms with Gasteiger partial charge in [0.25, 0.3) is 18.4 Å². The Balaban J connectivity index is 2.27. The standard InChI is InChI=1S/C24H36O4SSi/c1-6-21(14-13-19-27-29(5,25)26)20-28-30(24(2,3)4,22-15-9-7-10-16-22)23-17-11-8-12-18-23/h7-12,15-18,21H,6,13-14,19-20H2,1-5H3/t21-/m1/s1. The van der Waals surface area contributed by atoms with E-state index < -0.39 is 18.4 Å². The van der Waals surface area contributed by atoms with E-state index in [1.165, 1.54) is 10.4 Å². The first-order valence-electron chi connectivity index (χ1n) is 10.7. The van der Waals surface area contributed by atoms with Crippen molar-refractivity contribution in [3.63, 3.8) is 0 Å². The Morgan fingerprint density at radius 1 is 0.933 bits per heavy atom. The lowest BCUT2D eigenvalue weighted by Gasteiger charge is -2.43. The fourth-order valence-corrected chi connectivity index (χ4v) is 9.05. The van der Waals surface area contributed by atoms with E-state index in [4.69, 9.17) is 8.61 Å². The molecule has 0 N–H and O–H groups in total. The predicted molar refractivity (Wildman–Crippen MR) is 127 cm³/mol. The topological polar surface area (TPSA) is 52.6 Å². The summed E-state index contributed by atoms with van der Waals surface area (Å²) in [5, 5.41) is 2.51. The summed E-state index contributed by atoms with van der Waals surface area (Å²) in [7, 11) is -5.91.